The number of hydrogen-bond acceptors (Lipinski definition) is 15. The molecule has 1 unspecified atom stereocenters. The van der Waals surface area contributed by atoms with Gasteiger partial charge < -0.3 is 21.0 Å². The highest BCUT2D eigenvalue weighted by Crippen LogP contribution is 2.44. The lowest BCUT2D eigenvalue weighted by molar-refractivity contribution is -0.150. The Morgan fingerprint density at radius 2 is 2.23 bits per heavy atom. The molecular weight excluding hydrogens is 601 g/mol. The lowest BCUT2D eigenvalue weighted by Gasteiger charge is -2.50. The van der Waals surface area contributed by atoms with E-state index in [4.69, 9.17) is 15.1 Å². The molecule has 1 saturated heterocycles. The molecule has 39 heavy (non-hydrogen) atoms. The Bertz CT molecular complexity index is 1430. The number of aliphatic carboxylic acids is 1. The number of carboxylic acids is 1. The van der Waals surface area contributed by atoms with Crippen molar-refractivity contribution in [3.05, 3.63) is 22.3 Å². The average molecular weight is 621 g/mol. The van der Waals surface area contributed by atoms with Gasteiger partial charge in [0, 0.05) is 22.9 Å². The molecule has 2 aliphatic rings. The molecule has 0 radical (unpaired) electrons. The van der Waals surface area contributed by atoms with Gasteiger partial charge in [-0.25, -0.2) is 9.78 Å². The van der Waals surface area contributed by atoms with E-state index in [0.717, 1.165) is 28.0 Å². The Balaban J connectivity index is 1.56. The van der Waals surface area contributed by atoms with E-state index in [2.05, 4.69) is 36.1 Å². The van der Waals surface area contributed by atoms with Crippen molar-refractivity contribution >= 4 is 73.8 Å². The Labute approximate surface area is 232 Å². The number of carboxylic acid groups (broad SMARTS) is 1. The predicted octanol–water partition coefficient (Wildman–Crippen LogP) is -1.73. The summed E-state index contributed by atoms with van der Waals surface area (Å²) in [5.74, 6) is -2.72. The van der Waals surface area contributed by atoms with Gasteiger partial charge in [0.15, 0.2) is 10.8 Å². The number of nitrogen functional groups attached to an aromatic ring is 1. The number of amides is 2. The number of nitrogens with zero attached hydrogens (tertiary/aromatic N) is 6. The molecule has 2 amide bonds. The fourth-order valence-corrected chi connectivity index (χ4v) is 7.21. The number of aromatic amines is 1. The third kappa shape index (κ3) is 6.47. The first-order valence-corrected chi connectivity index (χ1v) is 14.9. The molecule has 1 fully saturated rings. The highest BCUT2D eigenvalue weighted by atomic mass is 32.2. The molecule has 22 heteroatoms. The van der Waals surface area contributed by atoms with E-state index in [9.17, 15) is 27.9 Å². The zero-order valence-electron chi connectivity index (χ0n) is 19.7. The molecule has 2 aromatic rings. The van der Waals surface area contributed by atoms with E-state index in [1.165, 1.54) is 24.3 Å². The molecule has 3 atom stereocenters. The van der Waals surface area contributed by atoms with Crippen LogP contribution in [0.15, 0.2) is 27.0 Å². The van der Waals surface area contributed by atoms with Crippen LogP contribution < -0.4 is 15.8 Å². The number of nitrogens with one attached hydrogen (secondary N) is 3. The third-order valence-electron chi connectivity index (χ3n) is 5.30. The maximum absolute atomic E-state index is 13.1. The van der Waals surface area contributed by atoms with Gasteiger partial charge in [0.25, 0.3) is 11.8 Å². The number of nitrogens with two attached hydrogens (primary N) is 1. The van der Waals surface area contributed by atoms with Gasteiger partial charge in [-0.3, -0.25) is 19.0 Å². The molecule has 210 valence electrons. The zero-order valence-corrected chi connectivity index (χ0v) is 22.9. The van der Waals surface area contributed by atoms with Crippen LogP contribution in [0.5, 0.6) is 0 Å². The number of anilines is 1. The third-order valence-corrected chi connectivity index (χ3v) is 9.04. The average Bonchev–Trinajstić information content (AvgIpc) is 3.55. The summed E-state index contributed by atoms with van der Waals surface area (Å²) in [5, 5.41) is 30.0. The highest BCUT2D eigenvalue weighted by Gasteiger charge is 2.55. The van der Waals surface area contributed by atoms with Gasteiger partial charge in [0.2, 0.25) is 5.16 Å². The summed E-state index contributed by atoms with van der Waals surface area (Å²) in [7, 11) is -3.26. The molecule has 4 rings (SSSR count). The van der Waals surface area contributed by atoms with Crippen LogP contribution in [0.1, 0.15) is 12.1 Å². The van der Waals surface area contributed by atoms with E-state index < -0.39 is 44.8 Å². The van der Waals surface area contributed by atoms with E-state index in [1.54, 1.807) is 0 Å². The number of β-lactam (4-membered cyclic amide) rings is 1. The van der Waals surface area contributed by atoms with Crippen LogP contribution in [0.25, 0.3) is 0 Å². The minimum absolute atomic E-state index is 0.0200. The Hall–Kier alpha value is -3.31. The van der Waals surface area contributed by atoms with Crippen LogP contribution in [-0.4, -0.2) is 108 Å². The molecular formula is C17H20N10O8S4. The number of carbonyl (C=O) groups is 3. The smallest absolute Gasteiger partial charge is 0.352 e. The quantitative estimate of drug-likeness (QED) is 0.0506. The summed E-state index contributed by atoms with van der Waals surface area (Å²) in [6, 6.07) is -1.07. The number of hydrogen-bond donors (Lipinski definition) is 6. The summed E-state index contributed by atoms with van der Waals surface area (Å²) in [5.41, 5.74) is 5.55. The van der Waals surface area contributed by atoms with Gasteiger partial charge in [-0.15, -0.1) is 33.3 Å². The fraction of sp³-hybridized carbons (Fsp3) is 0.412. The van der Waals surface area contributed by atoms with Crippen LogP contribution in [0.4, 0.5) is 5.13 Å². The number of tetrazole rings is 1. The van der Waals surface area contributed by atoms with Crippen molar-refractivity contribution in [3.8, 4) is 0 Å². The first-order chi connectivity index (χ1) is 18.5. The van der Waals surface area contributed by atoms with E-state index in [0.29, 0.717) is 5.57 Å². The van der Waals surface area contributed by atoms with Gasteiger partial charge >= 0.3 is 16.3 Å². The van der Waals surface area contributed by atoms with Gasteiger partial charge in [-0.2, -0.15) is 18.4 Å². The standard InChI is InChI=1S/C17H20N10O8S4/c1-35-24-9(7-5-37-16(18)20-7)12(28)21-10-13(29)27-11(15(30)31)6(4-36-14(10)27)8(2-3-19-39(32,33)34)38-17-22-25-26-23-17/h5,8,10,14,19H,2-4H2,1H3,(H2,18,20)(H,21,28)(H,30,31)(H,32,33,34)(H,22,23,25,26)/t8?,10-,14+/m1/s1. The second-order valence-corrected chi connectivity index (χ2v) is 12.1. The summed E-state index contributed by atoms with van der Waals surface area (Å²) in [4.78, 5) is 48.2. The number of fused-ring (bicyclic) bond motifs is 1. The van der Waals surface area contributed by atoms with Crippen LogP contribution in [0.3, 0.4) is 0 Å². The highest BCUT2D eigenvalue weighted by molar-refractivity contribution is 8.01. The molecule has 0 aliphatic carbocycles. The summed E-state index contributed by atoms with van der Waals surface area (Å²) >= 11 is 3.28. The number of thiazole rings is 1. The van der Waals surface area contributed by atoms with Crippen molar-refractivity contribution in [2.75, 3.05) is 25.1 Å². The molecule has 0 aromatic carbocycles. The normalized spacial score (nSPS) is 20.3. The molecule has 0 bridgehead atoms. The van der Waals surface area contributed by atoms with Gasteiger partial charge in [-0.05, 0) is 17.2 Å². The molecule has 0 saturated carbocycles. The van der Waals surface area contributed by atoms with Crippen LogP contribution in [0, 0.1) is 0 Å². The maximum Gasteiger partial charge on any atom is 0.352 e. The van der Waals surface area contributed by atoms with Crippen molar-refractivity contribution in [1.82, 2.24) is 40.5 Å². The lowest BCUT2D eigenvalue weighted by Crippen LogP contribution is -2.71. The van der Waals surface area contributed by atoms with Crippen molar-refractivity contribution in [2.24, 2.45) is 5.16 Å². The molecule has 2 aliphatic heterocycles. The zero-order chi connectivity index (χ0) is 28.3. The monoisotopic (exact) mass is 620 g/mol. The Morgan fingerprint density at radius 3 is 2.82 bits per heavy atom. The molecule has 4 heterocycles. The number of oxime groups is 1. The van der Waals surface area contributed by atoms with Gasteiger partial charge in [0.1, 0.15) is 29.9 Å². The minimum atomic E-state index is -4.49. The first-order valence-electron chi connectivity index (χ1n) is 10.7. The van der Waals surface area contributed by atoms with Crippen LogP contribution in [0.2, 0.25) is 0 Å². The van der Waals surface area contributed by atoms with Crippen molar-refractivity contribution < 1.29 is 37.3 Å². The minimum Gasteiger partial charge on any atom is -0.477 e. The molecule has 2 aromatic heterocycles. The number of thioether (sulfide) groups is 2. The number of aromatic nitrogens is 5. The second-order valence-electron chi connectivity index (χ2n) is 7.69. The first kappa shape index (κ1) is 28.7. The van der Waals surface area contributed by atoms with Gasteiger partial charge in [0.05, 0.1) is 0 Å². The summed E-state index contributed by atoms with van der Waals surface area (Å²) in [6.07, 6.45) is 0.0200. The SMILES string of the molecule is CON=C(C(=O)N[C@@H]1C(=O)N2C(C(=O)O)=C(C(CCNS(=O)(=O)O)Sc3nn[nH]n3)CS[C@@H]12)c1csc(N)n1. The largest absolute Gasteiger partial charge is 0.477 e. The van der Waals surface area contributed by atoms with E-state index in [-0.39, 0.29) is 46.1 Å². The summed E-state index contributed by atoms with van der Waals surface area (Å²) < 4.78 is 33.1. The molecule has 18 nitrogen and oxygen atoms in total. The van der Waals surface area contributed by atoms with E-state index >= 15 is 0 Å². The Morgan fingerprint density at radius 1 is 1.46 bits per heavy atom. The number of H-pyrrole nitrogens is 1. The maximum atomic E-state index is 13.1. The van der Waals surface area contributed by atoms with Crippen molar-refractivity contribution in [3.63, 3.8) is 0 Å². The number of carbonyl (C=O) groups excluding carboxylic acids is 2. The van der Waals surface area contributed by atoms with Crippen molar-refractivity contribution in [2.45, 2.75) is 28.2 Å². The van der Waals surface area contributed by atoms with Crippen molar-refractivity contribution in [1.29, 1.82) is 0 Å². The molecule has 0 spiro atoms. The lowest BCUT2D eigenvalue weighted by atomic mass is 10.00. The predicted molar refractivity (Wildman–Crippen MR) is 138 cm³/mol. The summed E-state index contributed by atoms with van der Waals surface area (Å²) in [6.45, 7) is -0.242. The van der Waals surface area contributed by atoms with E-state index in [1.807, 2.05) is 4.72 Å². The van der Waals surface area contributed by atoms with Crippen LogP contribution >= 0.6 is 34.9 Å². The topological polar surface area (TPSA) is 268 Å². The Kier molecular flexibility index (Phi) is 8.70. The molecule has 7 N–H and O–H groups in total. The van der Waals surface area contributed by atoms with Crippen LogP contribution in [-0.2, 0) is 29.5 Å². The fourth-order valence-electron chi connectivity index (χ4n) is 3.74. The second kappa shape index (κ2) is 11.8. The van der Waals surface area contributed by atoms with Gasteiger partial charge in [-0.1, -0.05) is 16.9 Å². The number of rotatable bonds is 12.